The molecule has 1 aliphatic rings. The fourth-order valence-corrected chi connectivity index (χ4v) is 2.26. The Bertz CT molecular complexity index is 516. The Labute approximate surface area is 123 Å². The number of benzene rings is 1. The smallest absolute Gasteiger partial charge is 0.243 e. The van der Waals surface area contributed by atoms with E-state index in [-0.39, 0.29) is 11.8 Å². The molecule has 0 radical (unpaired) electrons. The first-order valence-corrected chi connectivity index (χ1v) is 7.17. The molecular weight excluding hydrogens is 272 g/mol. The molecule has 0 saturated heterocycles. The molecule has 1 heterocycles. The van der Waals surface area contributed by atoms with Gasteiger partial charge in [0.05, 0.1) is 6.61 Å². The van der Waals surface area contributed by atoms with E-state index in [1.54, 1.807) is 5.48 Å². The van der Waals surface area contributed by atoms with E-state index in [1.165, 1.54) is 0 Å². The van der Waals surface area contributed by atoms with Gasteiger partial charge in [-0.25, -0.2) is 5.48 Å². The molecule has 0 aliphatic carbocycles. The molecule has 2 rings (SSSR count). The van der Waals surface area contributed by atoms with Gasteiger partial charge in [-0.2, -0.15) is 0 Å². The summed E-state index contributed by atoms with van der Waals surface area (Å²) in [6.07, 6.45) is 4.04. The van der Waals surface area contributed by atoms with Crippen LogP contribution in [0.25, 0.3) is 0 Å². The molecule has 0 aromatic heterocycles. The van der Waals surface area contributed by atoms with Crippen molar-refractivity contribution < 1.29 is 19.5 Å². The average molecular weight is 292 g/mol. The zero-order valence-corrected chi connectivity index (χ0v) is 11.9. The molecule has 6 nitrogen and oxygen atoms in total. The summed E-state index contributed by atoms with van der Waals surface area (Å²) in [5.74, 6) is 0.508. The predicted octanol–water partition coefficient (Wildman–Crippen LogP) is 2.02. The van der Waals surface area contributed by atoms with Crippen LogP contribution in [0.1, 0.15) is 37.7 Å². The lowest BCUT2D eigenvalue weighted by Gasteiger charge is -2.17. The van der Waals surface area contributed by atoms with E-state index in [9.17, 15) is 9.59 Å². The van der Waals surface area contributed by atoms with Crippen LogP contribution in [0.15, 0.2) is 18.2 Å². The lowest BCUT2D eigenvalue weighted by atomic mass is 10.0. The number of carbonyl (C=O) groups is 2. The van der Waals surface area contributed by atoms with E-state index in [1.807, 2.05) is 18.2 Å². The number of unbranched alkanes of at least 4 members (excludes halogenated alkanes) is 2. The van der Waals surface area contributed by atoms with Gasteiger partial charge in [0, 0.05) is 18.5 Å². The van der Waals surface area contributed by atoms with Gasteiger partial charge in [0.25, 0.3) is 0 Å². The van der Waals surface area contributed by atoms with Crippen molar-refractivity contribution >= 4 is 17.5 Å². The number of fused-ring (bicyclic) bond motifs is 1. The van der Waals surface area contributed by atoms with Gasteiger partial charge in [-0.15, -0.1) is 0 Å². The summed E-state index contributed by atoms with van der Waals surface area (Å²) in [5.41, 5.74) is 3.59. The van der Waals surface area contributed by atoms with Gasteiger partial charge >= 0.3 is 0 Å². The van der Waals surface area contributed by atoms with Crippen molar-refractivity contribution in [2.45, 2.75) is 38.5 Å². The monoisotopic (exact) mass is 292 g/mol. The lowest BCUT2D eigenvalue weighted by molar-refractivity contribution is -0.129. The highest BCUT2D eigenvalue weighted by Crippen LogP contribution is 2.26. The molecule has 2 amide bonds. The van der Waals surface area contributed by atoms with Crippen LogP contribution in [-0.2, 0) is 16.0 Å². The SMILES string of the molecule is O=C(CCCCCOc1ccc2c(c1)CCC(=O)N2)NO. The standard InChI is InChI=1S/C15H20N2O4/c18-14-8-5-11-10-12(6-7-13(11)16-14)21-9-3-1-2-4-15(19)17-20/h6-7,10,20H,1-5,8-9H2,(H,16,18)(H,17,19). The molecule has 0 unspecified atom stereocenters. The molecule has 21 heavy (non-hydrogen) atoms. The molecule has 114 valence electrons. The summed E-state index contributed by atoms with van der Waals surface area (Å²) in [6.45, 7) is 0.589. The van der Waals surface area contributed by atoms with Crippen molar-refractivity contribution in [3.05, 3.63) is 23.8 Å². The maximum absolute atomic E-state index is 11.3. The van der Waals surface area contributed by atoms with Crippen molar-refractivity contribution in [1.29, 1.82) is 0 Å². The summed E-state index contributed by atoms with van der Waals surface area (Å²) in [5, 5.41) is 11.2. The second-order valence-electron chi connectivity index (χ2n) is 5.06. The topological polar surface area (TPSA) is 87.7 Å². The summed E-state index contributed by atoms with van der Waals surface area (Å²) in [6, 6.07) is 5.69. The minimum absolute atomic E-state index is 0.0584. The highest BCUT2D eigenvalue weighted by atomic mass is 16.5. The number of carbonyl (C=O) groups excluding carboxylic acids is 2. The molecule has 1 aromatic rings. The number of rotatable bonds is 7. The molecule has 0 bridgehead atoms. The van der Waals surface area contributed by atoms with Crippen LogP contribution in [0, 0.1) is 0 Å². The molecule has 0 saturated carbocycles. The summed E-state index contributed by atoms with van der Waals surface area (Å²) < 4.78 is 5.67. The molecule has 1 aliphatic heterocycles. The van der Waals surface area contributed by atoms with Crippen molar-refractivity contribution in [2.75, 3.05) is 11.9 Å². The van der Waals surface area contributed by atoms with E-state index in [0.717, 1.165) is 42.7 Å². The Kier molecular flexibility index (Phi) is 5.57. The molecule has 0 spiro atoms. The largest absolute Gasteiger partial charge is 0.494 e. The number of amides is 2. The Morgan fingerprint density at radius 1 is 1.29 bits per heavy atom. The van der Waals surface area contributed by atoms with Crippen LogP contribution in [0.4, 0.5) is 5.69 Å². The molecule has 0 atom stereocenters. The Hall–Kier alpha value is -2.08. The zero-order valence-electron chi connectivity index (χ0n) is 11.9. The number of hydroxylamine groups is 1. The minimum atomic E-state index is -0.354. The highest BCUT2D eigenvalue weighted by molar-refractivity contribution is 5.93. The van der Waals surface area contributed by atoms with Crippen LogP contribution in [0.2, 0.25) is 0 Å². The first-order chi connectivity index (χ1) is 10.2. The number of hydrogen-bond donors (Lipinski definition) is 3. The molecule has 6 heteroatoms. The van der Waals surface area contributed by atoms with Gasteiger partial charge in [0.15, 0.2) is 0 Å². The molecule has 0 fully saturated rings. The van der Waals surface area contributed by atoms with Gasteiger partial charge in [-0.05, 0) is 49.4 Å². The molecular formula is C15H20N2O4. The normalized spacial score (nSPS) is 13.3. The third-order valence-electron chi connectivity index (χ3n) is 3.41. The number of ether oxygens (including phenoxy) is 1. The van der Waals surface area contributed by atoms with Crippen LogP contribution in [0.3, 0.4) is 0 Å². The van der Waals surface area contributed by atoms with Crippen molar-refractivity contribution in [1.82, 2.24) is 5.48 Å². The summed E-state index contributed by atoms with van der Waals surface area (Å²) in [7, 11) is 0. The van der Waals surface area contributed by atoms with Crippen LogP contribution < -0.4 is 15.5 Å². The van der Waals surface area contributed by atoms with Crippen molar-refractivity contribution in [3.8, 4) is 5.75 Å². The maximum atomic E-state index is 11.3. The minimum Gasteiger partial charge on any atom is -0.494 e. The number of aryl methyl sites for hydroxylation is 1. The fraction of sp³-hybridized carbons (Fsp3) is 0.467. The van der Waals surface area contributed by atoms with Gasteiger partial charge in [0.1, 0.15) is 5.75 Å². The zero-order chi connectivity index (χ0) is 15.1. The maximum Gasteiger partial charge on any atom is 0.243 e. The second kappa shape index (κ2) is 7.64. The van der Waals surface area contributed by atoms with E-state index >= 15 is 0 Å². The number of anilines is 1. The quantitative estimate of drug-likeness (QED) is 0.407. The van der Waals surface area contributed by atoms with E-state index < -0.39 is 0 Å². The van der Waals surface area contributed by atoms with Crippen LogP contribution in [0.5, 0.6) is 5.75 Å². The summed E-state index contributed by atoms with van der Waals surface area (Å²) in [4.78, 5) is 22.1. The van der Waals surface area contributed by atoms with E-state index in [4.69, 9.17) is 9.94 Å². The third-order valence-corrected chi connectivity index (χ3v) is 3.41. The average Bonchev–Trinajstić information content (AvgIpc) is 2.50. The Balaban J connectivity index is 1.69. The van der Waals surface area contributed by atoms with E-state index in [0.29, 0.717) is 19.4 Å². The van der Waals surface area contributed by atoms with Crippen molar-refractivity contribution in [2.24, 2.45) is 0 Å². The first kappa shape index (κ1) is 15.3. The highest BCUT2D eigenvalue weighted by Gasteiger charge is 2.14. The van der Waals surface area contributed by atoms with Crippen molar-refractivity contribution in [3.63, 3.8) is 0 Å². The third kappa shape index (κ3) is 4.75. The molecule has 3 N–H and O–H groups in total. The Morgan fingerprint density at radius 3 is 2.95 bits per heavy atom. The van der Waals surface area contributed by atoms with Crippen LogP contribution >= 0.6 is 0 Å². The predicted molar refractivity (Wildman–Crippen MR) is 77.3 cm³/mol. The summed E-state index contributed by atoms with van der Waals surface area (Å²) >= 11 is 0. The van der Waals surface area contributed by atoms with Gasteiger partial charge in [0.2, 0.25) is 11.8 Å². The Morgan fingerprint density at radius 2 is 2.14 bits per heavy atom. The first-order valence-electron chi connectivity index (χ1n) is 7.17. The van der Waals surface area contributed by atoms with Crippen LogP contribution in [-0.4, -0.2) is 23.6 Å². The lowest BCUT2D eigenvalue weighted by Crippen LogP contribution is -2.18. The van der Waals surface area contributed by atoms with Gasteiger partial charge in [-0.3, -0.25) is 14.8 Å². The number of nitrogens with one attached hydrogen (secondary N) is 2. The molecule has 1 aromatic carbocycles. The van der Waals surface area contributed by atoms with E-state index in [2.05, 4.69) is 5.32 Å². The van der Waals surface area contributed by atoms with Gasteiger partial charge in [-0.1, -0.05) is 0 Å². The fourth-order valence-electron chi connectivity index (χ4n) is 2.26. The second-order valence-corrected chi connectivity index (χ2v) is 5.06. The van der Waals surface area contributed by atoms with Gasteiger partial charge < -0.3 is 10.1 Å². The number of hydrogen-bond acceptors (Lipinski definition) is 4.